The number of likely N-dealkylation sites (tertiary alicyclic amines) is 1. The molecule has 5 nitrogen and oxygen atoms in total. The Hall–Kier alpha value is -2.73. The highest BCUT2D eigenvalue weighted by atomic mass is 16.4. The first-order valence-electron chi connectivity index (χ1n) is 13.6. The second-order valence-corrected chi connectivity index (χ2v) is 11.2. The summed E-state index contributed by atoms with van der Waals surface area (Å²) >= 11 is 0. The van der Waals surface area contributed by atoms with Gasteiger partial charge in [-0.2, -0.15) is 0 Å². The molecule has 1 saturated heterocycles. The molecule has 1 heterocycles. The number of unbranched alkanes of at least 4 members (excludes halogenated alkanes) is 1. The maximum absolute atomic E-state index is 11.9. The van der Waals surface area contributed by atoms with Crippen molar-refractivity contribution in [2.75, 3.05) is 13.1 Å². The molecule has 4 rings (SSSR count). The molecular weight excluding hydrogens is 462 g/mol. The Morgan fingerprint density at radius 3 is 2.24 bits per heavy atom. The minimum atomic E-state index is -1.42. The Labute approximate surface area is 221 Å². The Kier molecular flexibility index (Phi) is 8.68. The van der Waals surface area contributed by atoms with Crippen molar-refractivity contribution >= 4 is 5.97 Å². The van der Waals surface area contributed by atoms with Gasteiger partial charge in [0.15, 0.2) is 0 Å². The third-order valence-corrected chi connectivity index (χ3v) is 8.55. The molecule has 0 radical (unpaired) electrons. The number of aliphatic hydroxyl groups is 2. The largest absolute Gasteiger partial charge is 0.481 e. The lowest BCUT2D eigenvalue weighted by molar-refractivity contribution is -0.163. The van der Waals surface area contributed by atoms with Crippen LogP contribution < -0.4 is 0 Å². The molecule has 2 aromatic carbocycles. The summed E-state index contributed by atoms with van der Waals surface area (Å²) < 4.78 is 0. The molecule has 0 spiro atoms. The summed E-state index contributed by atoms with van der Waals surface area (Å²) in [5.41, 5.74) is -0.182. The Balaban J connectivity index is 1.46. The molecule has 4 atom stereocenters. The maximum Gasteiger partial charge on any atom is 0.312 e. The fraction of sp³-hybridized carbons (Fsp3) is 0.469. The van der Waals surface area contributed by atoms with Crippen LogP contribution >= 0.6 is 0 Å². The summed E-state index contributed by atoms with van der Waals surface area (Å²) in [5, 5.41) is 31.8. The van der Waals surface area contributed by atoms with Crippen molar-refractivity contribution in [3.05, 3.63) is 96.1 Å². The summed E-state index contributed by atoms with van der Waals surface area (Å²) in [6.45, 7) is 4.95. The monoisotopic (exact) mass is 503 g/mol. The van der Waals surface area contributed by atoms with Gasteiger partial charge in [0.2, 0.25) is 0 Å². The topological polar surface area (TPSA) is 81.0 Å². The zero-order valence-corrected chi connectivity index (χ0v) is 22.0. The molecule has 37 heavy (non-hydrogen) atoms. The van der Waals surface area contributed by atoms with Crippen molar-refractivity contribution in [3.8, 4) is 0 Å². The molecular formula is C32H41NO4. The lowest BCUT2D eigenvalue weighted by atomic mass is 9.65. The van der Waals surface area contributed by atoms with E-state index < -0.39 is 17.0 Å². The lowest BCUT2D eigenvalue weighted by Gasteiger charge is -2.44. The molecule has 1 aliphatic heterocycles. The van der Waals surface area contributed by atoms with Crippen LogP contribution in [-0.2, 0) is 4.79 Å². The van der Waals surface area contributed by atoms with E-state index in [2.05, 4.69) is 53.4 Å². The predicted octanol–water partition coefficient (Wildman–Crippen LogP) is 5.40. The van der Waals surface area contributed by atoms with Crippen LogP contribution in [0.5, 0.6) is 0 Å². The predicted molar refractivity (Wildman–Crippen MR) is 147 cm³/mol. The first-order valence-corrected chi connectivity index (χ1v) is 13.6. The second-order valence-electron chi connectivity index (χ2n) is 11.2. The number of hydrogen-bond acceptors (Lipinski definition) is 4. The van der Waals surface area contributed by atoms with Gasteiger partial charge >= 0.3 is 5.97 Å². The van der Waals surface area contributed by atoms with E-state index in [4.69, 9.17) is 0 Å². The summed E-state index contributed by atoms with van der Waals surface area (Å²) in [7, 11) is 0. The molecule has 3 N–H and O–H groups in total. The average molecular weight is 504 g/mol. The quantitative estimate of drug-likeness (QED) is 0.379. The van der Waals surface area contributed by atoms with E-state index >= 15 is 0 Å². The maximum atomic E-state index is 11.9. The van der Waals surface area contributed by atoms with Gasteiger partial charge in [-0.25, -0.2) is 0 Å². The van der Waals surface area contributed by atoms with Crippen LogP contribution in [0.3, 0.4) is 0 Å². The minimum Gasteiger partial charge on any atom is -0.481 e. The number of rotatable bonds is 10. The number of nitrogens with zero attached hydrogens (tertiary/aromatic N) is 1. The number of hydrogen-bond donors (Lipinski definition) is 3. The van der Waals surface area contributed by atoms with Crippen molar-refractivity contribution in [2.24, 2.45) is 11.3 Å². The van der Waals surface area contributed by atoms with Crippen LogP contribution in [0.25, 0.3) is 0 Å². The van der Waals surface area contributed by atoms with Gasteiger partial charge in [0.05, 0.1) is 11.5 Å². The number of allylic oxidation sites excluding steroid dienone is 2. The number of carboxylic acids is 1. The second kappa shape index (κ2) is 11.8. The van der Waals surface area contributed by atoms with Crippen LogP contribution in [0.2, 0.25) is 0 Å². The van der Waals surface area contributed by atoms with Crippen LogP contribution in [0.4, 0.5) is 0 Å². The zero-order valence-electron chi connectivity index (χ0n) is 22.0. The van der Waals surface area contributed by atoms with Gasteiger partial charge in [0.25, 0.3) is 0 Å². The zero-order chi connectivity index (χ0) is 26.5. The highest BCUT2D eigenvalue weighted by Gasteiger charge is 2.51. The number of benzene rings is 2. The van der Waals surface area contributed by atoms with Crippen molar-refractivity contribution in [2.45, 2.75) is 69.6 Å². The molecule has 2 aliphatic rings. The molecule has 2 aromatic rings. The van der Waals surface area contributed by atoms with Crippen LogP contribution in [-0.4, -0.2) is 57.0 Å². The molecule has 5 heteroatoms. The number of carboxylic acid groups (broad SMARTS) is 1. The Morgan fingerprint density at radius 2 is 1.65 bits per heavy atom. The van der Waals surface area contributed by atoms with E-state index in [1.807, 2.05) is 24.3 Å². The molecule has 1 fully saturated rings. The highest BCUT2D eigenvalue weighted by Crippen LogP contribution is 2.43. The van der Waals surface area contributed by atoms with Gasteiger partial charge in [0, 0.05) is 24.4 Å². The molecule has 4 unspecified atom stereocenters. The normalized spacial score (nSPS) is 26.5. The van der Waals surface area contributed by atoms with E-state index in [1.54, 1.807) is 26.0 Å². The van der Waals surface area contributed by atoms with E-state index in [0.717, 1.165) is 45.2 Å². The summed E-state index contributed by atoms with van der Waals surface area (Å²) in [6.07, 6.45) is 11.0. The van der Waals surface area contributed by atoms with Gasteiger partial charge < -0.3 is 15.3 Å². The third kappa shape index (κ3) is 5.90. The van der Waals surface area contributed by atoms with E-state index in [-0.39, 0.29) is 24.0 Å². The van der Waals surface area contributed by atoms with Gasteiger partial charge in [-0.3, -0.25) is 9.69 Å². The SMILES string of the molecule is CC(C)(C(=O)O)C1(O)C=CC=CC1CCCCN1CCC(O)CC1C(c1ccccc1)c1ccccc1. The number of aliphatic hydroxyl groups excluding tert-OH is 1. The molecule has 0 saturated carbocycles. The summed E-state index contributed by atoms with van der Waals surface area (Å²) in [6, 6.07) is 21.4. The Bertz CT molecular complexity index is 1040. The highest BCUT2D eigenvalue weighted by molar-refractivity contribution is 5.76. The number of carbonyl (C=O) groups is 1. The lowest BCUT2D eigenvalue weighted by Crippen LogP contribution is -2.53. The van der Waals surface area contributed by atoms with Crippen molar-refractivity contribution in [1.29, 1.82) is 0 Å². The van der Waals surface area contributed by atoms with Crippen molar-refractivity contribution in [3.63, 3.8) is 0 Å². The molecule has 0 amide bonds. The molecule has 1 aliphatic carbocycles. The van der Waals surface area contributed by atoms with Gasteiger partial charge in [-0.05, 0) is 57.2 Å². The first kappa shape index (κ1) is 27.3. The van der Waals surface area contributed by atoms with Gasteiger partial charge in [-0.15, -0.1) is 0 Å². The number of aliphatic carboxylic acids is 1. The van der Waals surface area contributed by atoms with E-state index in [0.29, 0.717) is 0 Å². The molecule has 198 valence electrons. The summed E-state index contributed by atoms with van der Waals surface area (Å²) in [4.78, 5) is 14.5. The third-order valence-electron chi connectivity index (χ3n) is 8.55. The average Bonchev–Trinajstić information content (AvgIpc) is 2.90. The Morgan fingerprint density at radius 1 is 1.03 bits per heavy atom. The van der Waals surface area contributed by atoms with Crippen molar-refractivity contribution < 1.29 is 20.1 Å². The molecule has 0 bridgehead atoms. The smallest absolute Gasteiger partial charge is 0.312 e. The van der Waals surface area contributed by atoms with Crippen LogP contribution in [0, 0.1) is 11.3 Å². The van der Waals surface area contributed by atoms with Crippen molar-refractivity contribution in [1.82, 2.24) is 4.90 Å². The van der Waals surface area contributed by atoms with Crippen LogP contribution in [0.15, 0.2) is 85.0 Å². The van der Waals surface area contributed by atoms with Gasteiger partial charge in [-0.1, -0.05) is 91.4 Å². The standard InChI is InChI=1S/C32H41NO4/c1-31(2,30(35)36)32(37)20-11-9-17-26(32)18-10-12-21-33-22-19-27(34)23-28(33)29(24-13-5-3-6-14-24)25-15-7-4-8-16-25/h3-9,11,13-17,20,26-29,34,37H,10,12,18-19,21-23H2,1-2H3,(H,35,36). The van der Waals surface area contributed by atoms with E-state index in [9.17, 15) is 20.1 Å². The van der Waals surface area contributed by atoms with Crippen LogP contribution in [0.1, 0.15) is 63.0 Å². The van der Waals surface area contributed by atoms with E-state index in [1.165, 1.54) is 11.1 Å². The molecule has 0 aromatic heterocycles. The fourth-order valence-electron chi connectivity index (χ4n) is 6.12. The first-order chi connectivity index (χ1) is 17.7. The van der Waals surface area contributed by atoms with Gasteiger partial charge in [0.1, 0.15) is 5.60 Å². The minimum absolute atomic E-state index is 0.172. The fourth-order valence-corrected chi connectivity index (χ4v) is 6.12. The summed E-state index contributed by atoms with van der Waals surface area (Å²) in [5.74, 6) is -1.07. The number of piperidine rings is 1.